The fourth-order valence-corrected chi connectivity index (χ4v) is 4.71. The van der Waals surface area contributed by atoms with Crippen molar-refractivity contribution in [3.8, 4) is 0 Å². The zero-order valence-corrected chi connectivity index (χ0v) is 12.6. The highest BCUT2D eigenvalue weighted by Crippen LogP contribution is 2.40. The number of piperidine rings is 1. The molecule has 4 unspecified atom stereocenters. The van der Waals surface area contributed by atoms with E-state index in [2.05, 4.69) is 28.5 Å². The van der Waals surface area contributed by atoms with Crippen molar-refractivity contribution in [3.63, 3.8) is 0 Å². The molecule has 2 N–H and O–H groups in total. The molecule has 2 bridgehead atoms. The summed E-state index contributed by atoms with van der Waals surface area (Å²) in [5, 5.41) is 0. The first-order chi connectivity index (χ1) is 9.19. The highest BCUT2D eigenvalue weighted by atomic mass is 15.3. The van der Waals surface area contributed by atoms with E-state index in [1.165, 1.54) is 58.7 Å². The Kier molecular flexibility index (Phi) is 3.87. The average molecular weight is 266 g/mol. The molecule has 4 atom stereocenters. The first kappa shape index (κ1) is 13.8. The van der Waals surface area contributed by atoms with Gasteiger partial charge >= 0.3 is 0 Å². The highest BCUT2D eigenvalue weighted by Gasteiger charge is 2.49. The molecule has 0 aliphatic carbocycles. The predicted octanol–water partition coefficient (Wildman–Crippen LogP) is 0.436. The van der Waals surface area contributed by atoms with Crippen LogP contribution in [0.25, 0.3) is 0 Å². The van der Waals surface area contributed by atoms with Gasteiger partial charge in [0.15, 0.2) is 0 Å². The highest BCUT2D eigenvalue weighted by molar-refractivity contribution is 5.06. The van der Waals surface area contributed by atoms with E-state index >= 15 is 0 Å². The normalized spacial score (nSPS) is 44.7. The third kappa shape index (κ3) is 2.23. The number of hydrogen-bond donors (Lipinski definition) is 1. The lowest BCUT2D eigenvalue weighted by Crippen LogP contribution is -2.67. The first-order valence-electron chi connectivity index (χ1n) is 8.11. The van der Waals surface area contributed by atoms with Crippen LogP contribution in [0.15, 0.2) is 0 Å². The molecule has 19 heavy (non-hydrogen) atoms. The summed E-state index contributed by atoms with van der Waals surface area (Å²) in [5.74, 6) is 0.812. The van der Waals surface area contributed by atoms with Crippen molar-refractivity contribution in [2.24, 2.45) is 11.7 Å². The minimum atomic E-state index is 0.307. The van der Waals surface area contributed by atoms with E-state index in [9.17, 15) is 0 Å². The summed E-state index contributed by atoms with van der Waals surface area (Å²) in [6.45, 7) is 14.2. The van der Waals surface area contributed by atoms with Crippen LogP contribution in [0.4, 0.5) is 0 Å². The second-order valence-electron chi connectivity index (χ2n) is 6.77. The van der Waals surface area contributed by atoms with Gasteiger partial charge in [-0.05, 0) is 45.3 Å². The quantitative estimate of drug-likeness (QED) is 0.804. The number of nitrogens with two attached hydrogens (primary N) is 1. The third-order valence-corrected chi connectivity index (χ3v) is 6.05. The van der Waals surface area contributed by atoms with Crippen LogP contribution in [0.2, 0.25) is 0 Å². The Hall–Kier alpha value is -0.160. The zero-order chi connectivity index (χ0) is 13.5. The largest absolute Gasteiger partial charge is 0.329 e. The van der Waals surface area contributed by atoms with Gasteiger partial charge in [0.05, 0.1) is 0 Å². The van der Waals surface area contributed by atoms with Crippen LogP contribution in [-0.2, 0) is 0 Å². The minimum Gasteiger partial charge on any atom is -0.329 e. The Labute approximate surface area is 117 Å². The summed E-state index contributed by atoms with van der Waals surface area (Å²) in [6.07, 6.45) is 2.65. The second-order valence-corrected chi connectivity index (χ2v) is 6.77. The van der Waals surface area contributed by atoms with Crippen LogP contribution in [-0.4, -0.2) is 78.6 Å². The van der Waals surface area contributed by atoms with Crippen molar-refractivity contribution in [3.05, 3.63) is 0 Å². The van der Waals surface area contributed by atoms with Crippen LogP contribution in [0, 0.1) is 5.92 Å². The van der Waals surface area contributed by atoms with Crippen LogP contribution < -0.4 is 5.73 Å². The lowest BCUT2D eigenvalue weighted by molar-refractivity contribution is -0.0383. The number of nitrogens with zero attached hydrogens (tertiary/aromatic N) is 3. The third-order valence-electron chi connectivity index (χ3n) is 6.05. The maximum absolute atomic E-state index is 6.29. The Morgan fingerprint density at radius 2 is 2.00 bits per heavy atom. The number of fused-ring (bicyclic) bond motifs is 2. The van der Waals surface area contributed by atoms with Crippen LogP contribution in [0.3, 0.4) is 0 Å². The first-order valence-corrected chi connectivity index (χ1v) is 8.11. The molecule has 3 aliphatic rings. The van der Waals surface area contributed by atoms with Crippen LogP contribution in [0.5, 0.6) is 0 Å². The lowest BCUT2D eigenvalue weighted by atomic mass is 9.76. The van der Waals surface area contributed by atoms with Crippen LogP contribution in [0.1, 0.15) is 26.7 Å². The molecule has 0 saturated carbocycles. The molecular weight excluding hydrogens is 236 g/mol. The van der Waals surface area contributed by atoms with Gasteiger partial charge in [0.2, 0.25) is 0 Å². The summed E-state index contributed by atoms with van der Waals surface area (Å²) in [7, 11) is 0. The summed E-state index contributed by atoms with van der Waals surface area (Å²) in [5.41, 5.74) is 6.60. The zero-order valence-electron chi connectivity index (χ0n) is 12.6. The monoisotopic (exact) mass is 266 g/mol. The summed E-state index contributed by atoms with van der Waals surface area (Å²) in [4.78, 5) is 7.99. The molecule has 3 fully saturated rings. The summed E-state index contributed by atoms with van der Waals surface area (Å²) >= 11 is 0. The smallest absolute Gasteiger partial charge is 0.0385 e. The van der Waals surface area contributed by atoms with Gasteiger partial charge < -0.3 is 10.6 Å². The average Bonchev–Trinajstić information content (AvgIpc) is 2.83. The standard InChI is InChI=1S/C15H30N4/c1-3-18-8-9-19(10-13(18)2)15(12-16)5-7-17-6-4-14(15)11-17/h13-14H,3-12,16H2,1-2H3. The molecule has 110 valence electrons. The maximum atomic E-state index is 6.29. The van der Waals surface area contributed by atoms with Crippen molar-refractivity contribution in [1.82, 2.24) is 14.7 Å². The fraction of sp³-hybridized carbons (Fsp3) is 1.00. The van der Waals surface area contributed by atoms with Gasteiger partial charge in [-0.3, -0.25) is 9.80 Å². The Balaban J connectivity index is 1.75. The Morgan fingerprint density at radius 1 is 1.16 bits per heavy atom. The molecule has 4 nitrogen and oxygen atoms in total. The van der Waals surface area contributed by atoms with E-state index in [0.717, 1.165) is 12.5 Å². The van der Waals surface area contributed by atoms with E-state index in [1.807, 2.05) is 0 Å². The molecule has 0 aromatic heterocycles. The van der Waals surface area contributed by atoms with Gasteiger partial charge in [-0.25, -0.2) is 0 Å². The van der Waals surface area contributed by atoms with E-state index in [1.54, 1.807) is 0 Å². The van der Waals surface area contributed by atoms with Gasteiger partial charge in [0, 0.05) is 44.3 Å². The molecular formula is C15H30N4. The summed E-state index contributed by atoms with van der Waals surface area (Å²) in [6, 6.07) is 0.682. The minimum absolute atomic E-state index is 0.307. The molecule has 4 heteroatoms. The molecule has 3 rings (SSSR count). The van der Waals surface area contributed by atoms with E-state index in [0.29, 0.717) is 11.6 Å². The number of rotatable bonds is 3. The topological polar surface area (TPSA) is 35.7 Å². The van der Waals surface area contributed by atoms with Gasteiger partial charge in [-0.2, -0.15) is 0 Å². The maximum Gasteiger partial charge on any atom is 0.0385 e. The lowest BCUT2D eigenvalue weighted by Gasteiger charge is -2.54. The van der Waals surface area contributed by atoms with Crippen molar-refractivity contribution in [1.29, 1.82) is 0 Å². The molecule has 0 aromatic carbocycles. The second kappa shape index (κ2) is 5.32. The molecule has 3 aliphatic heterocycles. The molecule has 0 spiro atoms. The van der Waals surface area contributed by atoms with Crippen molar-refractivity contribution >= 4 is 0 Å². The van der Waals surface area contributed by atoms with E-state index < -0.39 is 0 Å². The Bertz CT molecular complexity index is 321. The number of piperazine rings is 1. The number of likely N-dealkylation sites (N-methyl/N-ethyl adjacent to an activating group) is 1. The molecule has 3 saturated heterocycles. The molecule has 3 heterocycles. The van der Waals surface area contributed by atoms with Gasteiger partial charge in [-0.1, -0.05) is 6.92 Å². The molecule has 0 radical (unpaired) electrons. The van der Waals surface area contributed by atoms with Crippen molar-refractivity contribution in [2.75, 3.05) is 52.4 Å². The SMILES string of the molecule is CCN1CCN(C2(CN)CCN3CCC2C3)CC1C. The van der Waals surface area contributed by atoms with Crippen LogP contribution >= 0.6 is 0 Å². The Morgan fingerprint density at radius 3 is 2.68 bits per heavy atom. The fourth-order valence-electron chi connectivity index (χ4n) is 4.71. The van der Waals surface area contributed by atoms with E-state index in [4.69, 9.17) is 5.73 Å². The van der Waals surface area contributed by atoms with Gasteiger partial charge in [0.1, 0.15) is 0 Å². The number of hydrogen-bond acceptors (Lipinski definition) is 4. The van der Waals surface area contributed by atoms with E-state index in [-0.39, 0.29) is 0 Å². The van der Waals surface area contributed by atoms with Crippen molar-refractivity contribution in [2.45, 2.75) is 38.3 Å². The van der Waals surface area contributed by atoms with Crippen molar-refractivity contribution < 1.29 is 0 Å². The summed E-state index contributed by atoms with van der Waals surface area (Å²) < 4.78 is 0. The predicted molar refractivity (Wildman–Crippen MR) is 79.2 cm³/mol. The molecule has 0 aromatic rings. The van der Waals surface area contributed by atoms with Gasteiger partial charge in [0.25, 0.3) is 0 Å². The van der Waals surface area contributed by atoms with Gasteiger partial charge in [-0.15, -0.1) is 0 Å². The molecule has 0 amide bonds.